The number of aromatic nitrogens is 1. The molecule has 0 radical (unpaired) electrons. The number of anilines is 2. The minimum atomic E-state index is -0.398. The molecule has 1 amide bonds. The molecule has 3 aromatic rings. The third-order valence-electron chi connectivity index (χ3n) is 6.49. The number of carbonyl (C=O) groups is 2. The van der Waals surface area contributed by atoms with E-state index in [0.29, 0.717) is 18.7 Å². The van der Waals surface area contributed by atoms with Gasteiger partial charge in [-0.15, -0.1) is 0 Å². The maximum atomic E-state index is 13.7. The summed E-state index contributed by atoms with van der Waals surface area (Å²) in [5.41, 5.74) is 4.43. The molecule has 1 saturated heterocycles. The van der Waals surface area contributed by atoms with Crippen LogP contribution in [-0.4, -0.2) is 54.5 Å². The lowest BCUT2D eigenvalue weighted by Gasteiger charge is -2.30. The number of aryl methyl sites for hydroxylation is 2. The monoisotopic (exact) mass is 486 g/mol. The van der Waals surface area contributed by atoms with Crippen molar-refractivity contribution in [3.63, 3.8) is 0 Å². The van der Waals surface area contributed by atoms with Gasteiger partial charge in [0.2, 0.25) is 5.91 Å². The number of hydrogen-bond donors (Lipinski definition) is 1. The highest BCUT2D eigenvalue weighted by atomic mass is 16.5. The van der Waals surface area contributed by atoms with Crippen LogP contribution in [0.15, 0.2) is 66.9 Å². The first-order valence-electron chi connectivity index (χ1n) is 12.5. The summed E-state index contributed by atoms with van der Waals surface area (Å²) < 4.78 is 5.06. The van der Waals surface area contributed by atoms with Gasteiger partial charge < -0.3 is 15.0 Å². The topological polar surface area (TPSA) is 74.8 Å². The second-order valence-electron chi connectivity index (χ2n) is 9.12. The molecule has 0 bridgehead atoms. The summed E-state index contributed by atoms with van der Waals surface area (Å²) in [5, 5.41) is 3.19. The normalized spacial score (nSPS) is 15.1. The lowest BCUT2D eigenvalue weighted by molar-refractivity contribution is -0.121. The van der Waals surface area contributed by atoms with E-state index in [1.165, 1.54) is 0 Å². The molecule has 0 saturated carbocycles. The molecule has 2 heterocycles. The lowest BCUT2D eigenvalue weighted by atomic mass is 10.0. The second kappa shape index (κ2) is 11.8. The van der Waals surface area contributed by atoms with E-state index < -0.39 is 6.04 Å². The number of amides is 1. The van der Waals surface area contributed by atoms with Crippen LogP contribution in [-0.2, 0) is 9.53 Å². The van der Waals surface area contributed by atoms with Crippen molar-refractivity contribution in [3.8, 4) is 0 Å². The molecule has 1 aromatic heterocycles. The fraction of sp³-hybridized carbons (Fsp3) is 0.345. The van der Waals surface area contributed by atoms with E-state index >= 15 is 0 Å². The molecular formula is C29H34N4O3. The Morgan fingerprint density at radius 1 is 1.00 bits per heavy atom. The maximum absolute atomic E-state index is 13.7. The zero-order valence-corrected chi connectivity index (χ0v) is 21.2. The Hall–Kier alpha value is -3.71. The van der Waals surface area contributed by atoms with Gasteiger partial charge in [-0.25, -0.2) is 9.78 Å². The molecule has 1 aliphatic heterocycles. The highest BCUT2D eigenvalue weighted by Crippen LogP contribution is 2.26. The molecule has 1 aliphatic rings. The van der Waals surface area contributed by atoms with Gasteiger partial charge in [0.25, 0.3) is 0 Å². The predicted octanol–water partition coefficient (Wildman–Crippen LogP) is 4.77. The van der Waals surface area contributed by atoms with E-state index in [1.807, 2.05) is 62.4 Å². The minimum absolute atomic E-state index is 0.0275. The average molecular weight is 487 g/mol. The van der Waals surface area contributed by atoms with Crippen molar-refractivity contribution in [2.24, 2.45) is 0 Å². The Kier molecular flexibility index (Phi) is 8.33. The largest absolute Gasteiger partial charge is 0.462 e. The molecule has 2 aromatic carbocycles. The van der Waals surface area contributed by atoms with Crippen molar-refractivity contribution < 1.29 is 14.3 Å². The molecule has 1 unspecified atom stereocenters. The van der Waals surface area contributed by atoms with Gasteiger partial charge in [0.15, 0.2) is 0 Å². The van der Waals surface area contributed by atoms with Gasteiger partial charge in [0.05, 0.1) is 12.2 Å². The molecule has 0 aliphatic carbocycles. The second-order valence-corrected chi connectivity index (χ2v) is 9.12. The fourth-order valence-corrected chi connectivity index (χ4v) is 4.57. The summed E-state index contributed by atoms with van der Waals surface area (Å²) in [5.74, 6) is 0.431. The number of hydrogen-bond acceptors (Lipinski definition) is 6. The number of pyridine rings is 1. The third kappa shape index (κ3) is 6.10. The fourth-order valence-electron chi connectivity index (χ4n) is 4.57. The Balaban J connectivity index is 1.51. The van der Waals surface area contributed by atoms with Crippen LogP contribution in [0, 0.1) is 13.8 Å². The van der Waals surface area contributed by atoms with Gasteiger partial charge in [0, 0.05) is 38.1 Å². The van der Waals surface area contributed by atoms with Crippen LogP contribution >= 0.6 is 0 Å². The van der Waals surface area contributed by atoms with Crippen molar-refractivity contribution in [2.45, 2.75) is 33.2 Å². The summed E-state index contributed by atoms with van der Waals surface area (Å²) in [7, 11) is 0. The highest BCUT2D eigenvalue weighted by molar-refractivity contribution is 5.96. The van der Waals surface area contributed by atoms with Gasteiger partial charge in [-0.3, -0.25) is 9.69 Å². The zero-order chi connectivity index (χ0) is 25.5. The lowest BCUT2D eigenvalue weighted by Crippen LogP contribution is -2.40. The van der Waals surface area contributed by atoms with Crippen molar-refractivity contribution in [1.29, 1.82) is 0 Å². The van der Waals surface area contributed by atoms with Crippen LogP contribution in [0.5, 0.6) is 0 Å². The average Bonchev–Trinajstić information content (AvgIpc) is 3.13. The molecule has 4 rings (SSSR count). The van der Waals surface area contributed by atoms with E-state index in [9.17, 15) is 9.59 Å². The SMILES string of the molecule is CCOC(=O)c1ccc(N2CCCN(C(C(=O)Nc3cc(C)ccc3C)c3ccccc3)CC2)nc1. The summed E-state index contributed by atoms with van der Waals surface area (Å²) in [6.07, 6.45) is 2.46. The molecular weight excluding hydrogens is 452 g/mol. The van der Waals surface area contributed by atoms with Crippen LogP contribution < -0.4 is 10.2 Å². The summed E-state index contributed by atoms with van der Waals surface area (Å²) in [6.45, 7) is 9.21. The Morgan fingerprint density at radius 2 is 1.81 bits per heavy atom. The summed E-state index contributed by atoms with van der Waals surface area (Å²) in [6, 6.07) is 19.3. The molecule has 36 heavy (non-hydrogen) atoms. The predicted molar refractivity (Wildman–Crippen MR) is 142 cm³/mol. The molecule has 1 N–H and O–H groups in total. The third-order valence-corrected chi connectivity index (χ3v) is 6.49. The van der Waals surface area contributed by atoms with E-state index in [1.54, 1.807) is 19.2 Å². The van der Waals surface area contributed by atoms with Crippen molar-refractivity contribution in [2.75, 3.05) is 43.0 Å². The van der Waals surface area contributed by atoms with Crippen LogP contribution in [0.2, 0.25) is 0 Å². The van der Waals surface area contributed by atoms with E-state index in [4.69, 9.17) is 4.74 Å². The smallest absolute Gasteiger partial charge is 0.339 e. The summed E-state index contributed by atoms with van der Waals surface area (Å²) in [4.78, 5) is 34.6. The first-order chi connectivity index (χ1) is 17.5. The van der Waals surface area contributed by atoms with Gasteiger partial charge in [-0.1, -0.05) is 42.5 Å². The first-order valence-corrected chi connectivity index (χ1v) is 12.5. The standard InChI is InChI=1S/C29H34N4O3/c1-4-36-29(35)24-13-14-26(30-20-24)32-15-8-16-33(18-17-32)27(23-9-6-5-7-10-23)28(34)31-25-19-21(2)11-12-22(25)3/h5-7,9-14,19-20,27H,4,8,15-18H2,1-3H3,(H,31,34). The molecule has 7 nitrogen and oxygen atoms in total. The maximum Gasteiger partial charge on any atom is 0.339 e. The molecule has 0 spiro atoms. The van der Waals surface area contributed by atoms with E-state index in [-0.39, 0.29) is 11.9 Å². The van der Waals surface area contributed by atoms with Crippen LogP contribution in [0.4, 0.5) is 11.5 Å². The molecule has 7 heteroatoms. The van der Waals surface area contributed by atoms with Crippen LogP contribution in [0.25, 0.3) is 0 Å². The number of rotatable bonds is 7. The number of carbonyl (C=O) groups excluding carboxylic acids is 2. The molecule has 1 fully saturated rings. The highest BCUT2D eigenvalue weighted by Gasteiger charge is 2.30. The van der Waals surface area contributed by atoms with Crippen molar-refractivity contribution in [1.82, 2.24) is 9.88 Å². The van der Waals surface area contributed by atoms with Gasteiger partial charge in [-0.2, -0.15) is 0 Å². The molecule has 188 valence electrons. The Labute approximate surface area is 213 Å². The number of benzene rings is 2. The Morgan fingerprint density at radius 3 is 2.53 bits per heavy atom. The summed E-state index contributed by atoms with van der Waals surface area (Å²) >= 11 is 0. The van der Waals surface area contributed by atoms with Gasteiger partial charge in [-0.05, 0) is 62.1 Å². The van der Waals surface area contributed by atoms with E-state index in [2.05, 4.69) is 26.2 Å². The Bertz CT molecular complexity index is 1180. The zero-order valence-electron chi connectivity index (χ0n) is 21.2. The van der Waals surface area contributed by atoms with E-state index in [0.717, 1.165) is 54.3 Å². The molecule has 1 atom stereocenters. The van der Waals surface area contributed by atoms with Crippen LogP contribution in [0.1, 0.15) is 46.4 Å². The van der Waals surface area contributed by atoms with Gasteiger partial charge in [0.1, 0.15) is 11.9 Å². The van der Waals surface area contributed by atoms with Crippen LogP contribution in [0.3, 0.4) is 0 Å². The number of nitrogens with one attached hydrogen (secondary N) is 1. The number of ether oxygens (including phenoxy) is 1. The first kappa shape index (κ1) is 25.4. The minimum Gasteiger partial charge on any atom is -0.462 e. The number of esters is 1. The van der Waals surface area contributed by atoms with Crippen molar-refractivity contribution >= 4 is 23.4 Å². The van der Waals surface area contributed by atoms with Gasteiger partial charge >= 0.3 is 5.97 Å². The van der Waals surface area contributed by atoms with Crippen molar-refractivity contribution in [3.05, 3.63) is 89.1 Å². The number of nitrogens with zero attached hydrogens (tertiary/aromatic N) is 3. The quantitative estimate of drug-likeness (QED) is 0.485.